The van der Waals surface area contributed by atoms with Crippen molar-refractivity contribution >= 4 is 5.97 Å². The summed E-state index contributed by atoms with van der Waals surface area (Å²) >= 11 is 0. The molecule has 0 aromatic heterocycles. The molecule has 21 heavy (non-hydrogen) atoms. The predicted octanol–water partition coefficient (Wildman–Crippen LogP) is 4.24. The third-order valence-corrected chi connectivity index (χ3v) is 3.54. The highest BCUT2D eigenvalue weighted by Crippen LogP contribution is 2.38. The van der Waals surface area contributed by atoms with Crippen molar-refractivity contribution in [2.75, 3.05) is 0 Å². The maximum Gasteiger partial charge on any atom is 0.305 e. The summed E-state index contributed by atoms with van der Waals surface area (Å²) in [5.41, 5.74) is -0.909. The molecular formula is C18H19FO2. The topological polar surface area (TPSA) is 26.3 Å². The van der Waals surface area contributed by atoms with Gasteiger partial charge in [-0.15, -0.1) is 0 Å². The summed E-state index contributed by atoms with van der Waals surface area (Å²) in [6.07, 6.45) is -0.681. The van der Waals surface area contributed by atoms with Crippen LogP contribution >= 0.6 is 0 Å². The van der Waals surface area contributed by atoms with Crippen LogP contribution in [-0.4, -0.2) is 12.1 Å². The molecule has 2 aromatic rings. The fraction of sp³-hybridized carbons (Fsp3) is 0.278. The van der Waals surface area contributed by atoms with E-state index in [9.17, 15) is 4.79 Å². The first-order valence-electron chi connectivity index (χ1n) is 7.08. The fourth-order valence-electron chi connectivity index (χ4n) is 2.36. The second-order valence-corrected chi connectivity index (χ2v) is 4.93. The van der Waals surface area contributed by atoms with Gasteiger partial charge in [0.2, 0.25) is 0 Å². The van der Waals surface area contributed by atoms with Gasteiger partial charge < -0.3 is 4.74 Å². The number of carbonyl (C=O) groups excluding carboxylic acids is 1. The lowest BCUT2D eigenvalue weighted by Gasteiger charge is -2.32. The molecule has 2 aromatic carbocycles. The van der Waals surface area contributed by atoms with Gasteiger partial charge in [-0.2, -0.15) is 0 Å². The quantitative estimate of drug-likeness (QED) is 0.768. The molecule has 0 heterocycles. The van der Waals surface area contributed by atoms with Crippen LogP contribution in [0.2, 0.25) is 0 Å². The Balaban J connectivity index is 2.47. The van der Waals surface area contributed by atoms with Gasteiger partial charge in [0, 0.05) is 6.42 Å². The summed E-state index contributed by atoms with van der Waals surface area (Å²) in [5.74, 6) is -0.406. The molecule has 3 heteroatoms. The molecule has 110 valence electrons. The van der Waals surface area contributed by atoms with Crippen molar-refractivity contribution in [1.29, 1.82) is 0 Å². The minimum absolute atomic E-state index is 0.226. The van der Waals surface area contributed by atoms with Crippen molar-refractivity contribution < 1.29 is 13.9 Å². The van der Waals surface area contributed by atoms with Crippen LogP contribution in [0.4, 0.5) is 4.39 Å². The summed E-state index contributed by atoms with van der Waals surface area (Å²) in [6, 6.07) is 17.6. The first kappa shape index (κ1) is 15.2. The molecule has 0 radical (unpaired) electrons. The molecule has 0 fully saturated rings. The van der Waals surface area contributed by atoms with Crippen LogP contribution in [0.3, 0.4) is 0 Å². The SMILES string of the molecule is CCC(=O)OC(C)C(F)(c1ccccc1)c1ccccc1. The van der Waals surface area contributed by atoms with Crippen LogP contribution in [0, 0.1) is 0 Å². The molecule has 0 aliphatic carbocycles. The van der Waals surface area contributed by atoms with Crippen molar-refractivity contribution in [3.05, 3.63) is 71.8 Å². The molecular weight excluding hydrogens is 267 g/mol. The summed E-state index contributed by atoms with van der Waals surface area (Å²) in [6.45, 7) is 3.29. The minimum atomic E-state index is -1.87. The van der Waals surface area contributed by atoms with Crippen molar-refractivity contribution in [2.24, 2.45) is 0 Å². The smallest absolute Gasteiger partial charge is 0.305 e. The number of esters is 1. The van der Waals surface area contributed by atoms with Gasteiger partial charge in [0.25, 0.3) is 0 Å². The van der Waals surface area contributed by atoms with Crippen molar-refractivity contribution in [3.8, 4) is 0 Å². The Bertz CT molecular complexity index is 541. The predicted molar refractivity (Wildman–Crippen MR) is 80.6 cm³/mol. The Morgan fingerprint density at radius 3 is 1.86 bits per heavy atom. The molecule has 2 rings (SSSR count). The highest BCUT2D eigenvalue weighted by atomic mass is 19.1. The zero-order valence-corrected chi connectivity index (χ0v) is 12.3. The van der Waals surface area contributed by atoms with Gasteiger partial charge in [-0.1, -0.05) is 67.6 Å². The Hall–Kier alpha value is -2.16. The third-order valence-electron chi connectivity index (χ3n) is 3.54. The van der Waals surface area contributed by atoms with Gasteiger partial charge in [-0.3, -0.25) is 4.79 Å². The maximum absolute atomic E-state index is 15.9. The van der Waals surface area contributed by atoms with E-state index in [1.165, 1.54) is 0 Å². The Morgan fingerprint density at radius 2 is 1.48 bits per heavy atom. The van der Waals surface area contributed by atoms with E-state index in [-0.39, 0.29) is 6.42 Å². The molecule has 0 aliphatic heterocycles. The number of halogens is 1. The molecule has 2 nitrogen and oxygen atoms in total. The summed E-state index contributed by atoms with van der Waals surface area (Å²) in [7, 11) is 0. The lowest BCUT2D eigenvalue weighted by atomic mass is 9.84. The van der Waals surface area contributed by atoms with Gasteiger partial charge in [0.1, 0.15) is 6.10 Å². The van der Waals surface area contributed by atoms with E-state index >= 15 is 4.39 Å². The molecule has 0 saturated carbocycles. The highest BCUT2D eigenvalue weighted by molar-refractivity contribution is 5.69. The van der Waals surface area contributed by atoms with Crippen molar-refractivity contribution in [3.63, 3.8) is 0 Å². The third kappa shape index (κ3) is 3.13. The average Bonchev–Trinajstić information content (AvgIpc) is 2.55. The molecule has 0 spiro atoms. The van der Waals surface area contributed by atoms with Gasteiger partial charge in [0.15, 0.2) is 5.67 Å². The summed E-state index contributed by atoms with van der Waals surface area (Å²) in [5, 5.41) is 0. The fourth-order valence-corrected chi connectivity index (χ4v) is 2.36. The molecule has 0 N–H and O–H groups in total. The van der Waals surface area contributed by atoms with Crippen molar-refractivity contribution in [1.82, 2.24) is 0 Å². The van der Waals surface area contributed by atoms with Gasteiger partial charge in [-0.25, -0.2) is 4.39 Å². The van der Waals surface area contributed by atoms with Crippen LogP contribution in [-0.2, 0) is 15.2 Å². The summed E-state index contributed by atoms with van der Waals surface area (Å²) in [4.78, 5) is 11.5. The van der Waals surface area contributed by atoms with Gasteiger partial charge >= 0.3 is 5.97 Å². The first-order valence-corrected chi connectivity index (χ1v) is 7.08. The number of alkyl halides is 1. The second kappa shape index (κ2) is 6.53. The molecule has 0 saturated heterocycles. The Kier molecular flexibility index (Phi) is 4.73. The number of hydrogen-bond donors (Lipinski definition) is 0. The zero-order chi connectivity index (χ0) is 15.3. The van der Waals surface area contributed by atoms with E-state index in [2.05, 4.69) is 0 Å². The lowest BCUT2D eigenvalue weighted by Crippen LogP contribution is -2.37. The van der Waals surface area contributed by atoms with Gasteiger partial charge in [-0.05, 0) is 18.1 Å². The average molecular weight is 286 g/mol. The van der Waals surface area contributed by atoms with Crippen LogP contribution in [0.15, 0.2) is 60.7 Å². The largest absolute Gasteiger partial charge is 0.458 e. The van der Waals surface area contributed by atoms with E-state index in [0.717, 1.165) is 0 Å². The normalized spacial score (nSPS) is 12.7. The van der Waals surface area contributed by atoms with Crippen LogP contribution < -0.4 is 0 Å². The second-order valence-electron chi connectivity index (χ2n) is 4.93. The first-order chi connectivity index (χ1) is 10.1. The number of hydrogen-bond acceptors (Lipinski definition) is 2. The van der Waals surface area contributed by atoms with E-state index in [4.69, 9.17) is 4.74 Å². The van der Waals surface area contributed by atoms with E-state index in [0.29, 0.717) is 11.1 Å². The Morgan fingerprint density at radius 1 is 1.05 bits per heavy atom. The lowest BCUT2D eigenvalue weighted by molar-refractivity contribution is -0.154. The van der Waals surface area contributed by atoms with Crippen molar-refractivity contribution in [2.45, 2.75) is 32.0 Å². The number of carbonyl (C=O) groups is 1. The maximum atomic E-state index is 15.9. The standard InChI is InChI=1S/C18H19FO2/c1-3-17(20)21-14(2)18(19,15-10-6-4-7-11-15)16-12-8-5-9-13-16/h4-14H,3H2,1-2H3. The molecule has 1 unspecified atom stereocenters. The number of rotatable bonds is 5. The molecule has 0 bridgehead atoms. The van der Waals surface area contributed by atoms with Crippen LogP contribution in [0.1, 0.15) is 31.4 Å². The number of benzene rings is 2. The van der Waals surface area contributed by atoms with Crippen LogP contribution in [0.5, 0.6) is 0 Å². The van der Waals surface area contributed by atoms with Gasteiger partial charge in [0.05, 0.1) is 0 Å². The Labute approximate surface area is 124 Å². The molecule has 0 aliphatic rings. The zero-order valence-electron chi connectivity index (χ0n) is 12.3. The van der Waals surface area contributed by atoms with E-state index in [1.54, 1.807) is 62.4 Å². The minimum Gasteiger partial charge on any atom is -0.458 e. The number of ether oxygens (including phenoxy) is 1. The molecule has 1 atom stereocenters. The highest BCUT2D eigenvalue weighted by Gasteiger charge is 2.42. The van der Waals surface area contributed by atoms with E-state index in [1.807, 2.05) is 12.1 Å². The van der Waals surface area contributed by atoms with E-state index < -0.39 is 17.7 Å². The summed E-state index contributed by atoms with van der Waals surface area (Å²) < 4.78 is 21.1. The monoisotopic (exact) mass is 286 g/mol. The van der Waals surface area contributed by atoms with Crippen LogP contribution in [0.25, 0.3) is 0 Å². The molecule has 0 amide bonds.